The molecular formula is C9H12O4. The smallest absolute Gasteiger partial charge is 0.339 e. The van der Waals surface area contributed by atoms with Crippen molar-refractivity contribution in [2.24, 2.45) is 0 Å². The quantitative estimate of drug-likeness (QED) is 0.746. The highest BCUT2D eigenvalue weighted by atomic mass is 16.4. The topological polar surface area (TPSA) is 70.7 Å². The van der Waals surface area contributed by atoms with Gasteiger partial charge in [-0.2, -0.15) is 0 Å². The molecule has 0 saturated heterocycles. The van der Waals surface area contributed by atoms with Gasteiger partial charge in [-0.15, -0.1) is 0 Å². The maximum absolute atomic E-state index is 10.7. The molecule has 0 amide bonds. The molecular weight excluding hydrogens is 172 g/mol. The fourth-order valence-corrected chi connectivity index (χ4v) is 1.07. The standard InChI is InChI=1S/C9H12O4/c1-5(6(2)10)8-7(9(11)12)3-4-13-8/h3-6,10H,1-2H3,(H,11,12). The van der Waals surface area contributed by atoms with Crippen LogP contribution in [-0.2, 0) is 0 Å². The van der Waals surface area contributed by atoms with E-state index in [9.17, 15) is 9.90 Å². The molecule has 0 fully saturated rings. The number of aromatic carboxylic acids is 1. The van der Waals surface area contributed by atoms with Gasteiger partial charge in [0.15, 0.2) is 0 Å². The van der Waals surface area contributed by atoms with Gasteiger partial charge < -0.3 is 14.6 Å². The Bertz CT molecular complexity index is 300. The Morgan fingerprint density at radius 3 is 2.62 bits per heavy atom. The summed E-state index contributed by atoms with van der Waals surface area (Å²) in [5.41, 5.74) is 0.119. The van der Waals surface area contributed by atoms with E-state index < -0.39 is 12.1 Å². The van der Waals surface area contributed by atoms with Gasteiger partial charge in [0.05, 0.1) is 12.4 Å². The summed E-state index contributed by atoms with van der Waals surface area (Å²) in [5.74, 6) is -1.01. The maximum atomic E-state index is 10.7. The average molecular weight is 184 g/mol. The lowest BCUT2D eigenvalue weighted by Gasteiger charge is -2.12. The number of furan rings is 1. The number of aliphatic hydroxyl groups is 1. The number of carbonyl (C=O) groups is 1. The Kier molecular flexibility index (Phi) is 2.72. The van der Waals surface area contributed by atoms with Crippen LogP contribution in [0.25, 0.3) is 0 Å². The van der Waals surface area contributed by atoms with Gasteiger partial charge >= 0.3 is 5.97 Å². The second-order valence-corrected chi connectivity index (χ2v) is 3.03. The molecule has 2 N–H and O–H groups in total. The van der Waals surface area contributed by atoms with Crippen LogP contribution in [-0.4, -0.2) is 22.3 Å². The molecule has 0 saturated carbocycles. The summed E-state index contributed by atoms with van der Waals surface area (Å²) in [6, 6.07) is 1.39. The van der Waals surface area contributed by atoms with Crippen LogP contribution in [0.15, 0.2) is 16.7 Å². The second-order valence-electron chi connectivity index (χ2n) is 3.03. The molecule has 1 heterocycles. The highest BCUT2D eigenvalue weighted by molar-refractivity contribution is 5.88. The molecule has 4 nitrogen and oxygen atoms in total. The van der Waals surface area contributed by atoms with Gasteiger partial charge in [0.1, 0.15) is 11.3 Å². The molecule has 0 aliphatic carbocycles. The molecule has 2 atom stereocenters. The van der Waals surface area contributed by atoms with Crippen LogP contribution >= 0.6 is 0 Å². The summed E-state index contributed by atoms with van der Waals surface area (Å²) >= 11 is 0. The van der Waals surface area contributed by atoms with Gasteiger partial charge in [-0.05, 0) is 13.0 Å². The van der Waals surface area contributed by atoms with Crippen molar-refractivity contribution in [1.29, 1.82) is 0 Å². The third kappa shape index (κ3) is 1.89. The van der Waals surface area contributed by atoms with Gasteiger partial charge in [-0.1, -0.05) is 6.92 Å². The summed E-state index contributed by atoms with van der Waals surface area (Å²) < 4.78 is 5.01. The van der Waals surface area contributed by atoms with Crippen LogP contribution < -0.4 is 0 Å². The van der Waals surface area contributed by atoms with Crippen molar-refractivity contribution >= 4 is 5.97 Å². The summed E-state index contributed by atoms with van der Waals surface area (Å²) in [6.07, 6.45) is 0.696. The van der Waals surface area contributed by atoms with Crippen molar-refractivity contribution in [3.8, 4) is 0 Å². The first-order chi connectivity index (χ1) is 6.04. The minimum Gasteiger partial charge on any atom is -0.478 e. The average Bonchev–Trinajstić information content (AvgIpc) is 2.50. The molecule has 13 heavy (non-hydrogen) atoms. The van der Waals surface area contributed by atoms with E-state index in [2.05, 4.69) is 0 Å². The zero-order valence-corrected chi connectivity index (χ0v) is 7.52. The van der Waals surface area contributed by atoms with Crippen LogP contribution in [0, 0.1) is 0 Å². The third-order valence-corrected chi connectivity index (χ3v) is 2.06. The fourth-order valence-electron chi connectivity index (χ4n) is 1.07. The summed E-state index contributed by atoms with van der Waals surface area (Å²) in [7, 11) is 0. The van der Waals surface area contributed by atoms with E-state index in [0.29, 0.717) is 5.76 Å². The summed E-state index contributed by atoms with van der Waals surface area (Å²) in [6.45, 7) is 3.31. The zero-order chi connectivity index (χ0) is 10.0. The number of aliphatic hydroxyl groups excluding tert-OH is 1. The largest absolute Gasteiger partial charge is 0.478 e. The summed E-state index contributed by atoms with van der Waals surface area (Å²) in [5, 5.41) is 18.0. The van der Waals surface area contributed by atoms with Crippen molar-refractivity contribution < 1.29 is 19.4 Å². The molecule has 4 heteroatoms. The number of rotatable bonds is 3. The fraction of sp³-hybridized carbons (Fsp3) is 0.444. The minimum atomic E-state index is -1.03. The van der Waals surface area contributed by atoms with Gasteiger partial charge in [-0.3, -0.25) is 0 Å². The Balaban J connectivity index is 3.00. The maximum Gasteiger partial charge on any atom is 0.339 e. The highest BCUT2D eigenvalue weighted by Gasteiger charge is 2.22. The molecule has 1 rings (SSSR count). The van der Waals surface area contributed by atoms with Crippen molar-refractivity contribution in [3.05, 3.63) is 23.7 Å². The molecule has 2 unspecified atom stereocenters. The van der Waals surface area contributed by atoms with E-state index in [1.165, 1.54) is 12.3 Å². The lowest BCUT2D eigenvalue weighted by molar-refractivity contribution is 0.0691. The molecule has 1 aromatic rings. The van der Waals surface area contributed by atoms with Crippen molar-refractivity contribution in [1.82, 2.24) is 0 Å². The van der Waals surface area contributed by atoms with Gasteiger partial charge in [0.2, 0.25) is 0 Å². The monoisotopic (exact) mass is 184 g/mol. The molecule has 1 aromatic heterocycles. The predicted octanol–water partition coefficient (Wildman–Crippen LogP) is 1.46. The first-order valence-corrected chi connectivity index (χ1v) is 4.02. The van der Waals surface area contributed by atoms with E-state index in [1.807, 2.05) is 0 Å². The molecule has 0 aliphatic rings. The normalized spacial score (nSPS) is 15.3. The SMILES string of the molecule is CC(O)C(C)c1occc1C(=O)O. The van der Waals surface area contributed by atoms with Crippen LogP contribution in [0.1, 0.15) is 35.9 Å². The van der Waals surface area contributed by atoms with E-state index in [-0.39, 0.29) is 11.5 Å². The number of hydrogen-bond acceptors (Lipinski definition) is 3. The van der Waals surface area contributed by atoms with Crippen molar-refractivity contribution in [3.63, 3.8) is 0 Å². The van der Waals surface area contributed by atoms with Crippen molar-refractivity contribution in [2.75, 3.05) is 0 Å². The molecule has 0 radical (unpaired) electrons. The van der Waals surface area contributed by atoms with Crippen LogP contribution in [0.3, 0.4) is 0 Å². The first-order valence-electron chi connectivity index (χ1n) is 4.02. The number of carboxylic acids is 1. The molecule has 0 bridgehead atoms. The predicted molar refractivity (Wildman–Crippen MR) is 45.8 cm³/mol. The van der Waals surface area contributed by atoms with Crippen LogP contribution in [0.4, 0.5) is 0 Å². The third-order valence-electron chi connectivity index (χ3n) is 2.06. The lowest BCUT2D eigenvalue weighted by Crippen LogP contribution is -2.13. The van der Waals surface area contributed by atoms with Gasteiger partial charge in [0.25, 0.3) is 0 Å². The number of carboxylic acid groups (broad SMARTS) is 1. The molecule has 0 spiro atoms. The van der Waals surface area contributed by atoms with Crippen LogP contribution in [0.2, 0.25) is 0 Å². The van der Waals surface area contributed by atoms with Gasteiger partial charge in [-0.25, -0.2) is 4.79 Å². The van der Waals surface area contributed by atoms with E-state index in [4.69, 9.17) is 9.52 Å². The first kappa shape index (κ1) is 9.80. The Hall–Kier alpha value is -1.29. The van der Waals surface area contributed by atoms with Crippen LogP contribution in [0.5, 0.6) is 0 Å². The number of hydrogen-bond donors (Lipinski definition) is 2. The minimum absolute atomic E-state index is 0.119. The van der Waals surface area contributed by atoms with E-state index >= 15 is 0 Å². The molecule has 0 aromatic carbocycles. The second kappa shape index (κ2) is 3.62. The van der Waals surface area contributed by atoms with E-state index in [0.717, 1.165) is 0 Å². The Morgan fingerprint density at radius 2 is 2.15 bits per heavy atom. The zero-order valence-electron chi connectivity index (χ0n) is 7.52. The Labute approximate surface area is 75.8 Å². The summed E-state index contributed by atoms with van der Waals surface area (Å²) in [4.78, 5) is 10.7. The molecule has 72 valence electrons. The highest BCUT2D eigenvalue weighted by Crippen LogP contribution is 2.23. The molecule has 0 aliphatic heterocycles. The van der Waals surface area contributed by atoms with E-state index in [1.54, 1.807) is 13.8 Å². The van der Waals surface area contributed by atoms with Crippen molar-refractivity contribution in [2.45, 2.75) is 25.9 Å². The lowest BCUT2D eigenvalue weighted by atomic mass is 10.00. The Morgan fingerprint density at radius 1 is 1.54 bits per heavy atom. The van der Waals surface area contributed by atoms with Gasteiger partial charge in [0, 0.05) is 5.92 Å².